The van der Waals surface area contributed by atoms with Crippen molar-refractivity contribution in [2.75, 3.05) is 20.3 Å². The number of methoxy groups -OCH3 is 1. The Morgan fingerprint density at radius 1 is 1.19 bits per heavy atom. The van der Waals surface area contributed by atoms with Gasteiger partial charge in [0.1, 0.15) is 0 Å². The van der Waals surface area contributed by atoms with Crippen molar-refractivity contribution in [2.45, 2.75) is 26.1 Å². The molecule has 2 aromatic carbocycles. The number of benzene rings is 2. The highest BCUT2D eigenvalue weighted by atomic mass is 16.5. The smallest absolute Gasteiger partial charge is 0.248 e. The lowest BCUT2D eigenvalue weighted by Gasteiger charge is -2.17. The Kier molecular flexibility index (Phi) is 5.75. The monoisotopic (exact) mass is 355 g/mol. The number of primary amides is 1. The van der Waals surface area contributed by atoms with E-state index in [4.69, 9.17) is 20.9 Å². The van der Waals surface area contributed by atoms with Gasteiger partial charge < -0.3 is 20.9 Å². The van der Waals surface area contributed by atoms with Crippen molar-refractivity contribution >= 4 is 5.91 Å². The molecule has 1 amide bonds. The van der Waals surface area contributed by atoms with E-state index in [1.807, 2.05) is 0 Å². The predicted octanol–water partition coefficient (Wildman–Crippen LogP) is 2.04. The summed E-state index contributed by atoms with van der Waals surface area (Å²) < 4.78 is 11.3. The van der Waals surface area contributed by atoms with E-state index in [0.717, 1.165) is 26.1 Å². The highest BCUT2D eigenvalue weighted by Crippen LogP contribution is 2.33. The number of rotatable bonds is 8. The van der Waals surface area contributed by atoms with E-state index in [1.54, 1.807) is 19.2 Å². The van der Waals surface area contributed by atoms with Crippen LogP contribution >= 0.6 is 0 Å². The first kappa shape index (κ1) is 18.2. The average Bonchev–Trinajstić information content (AvgIpc) is 3.07. The quantitative estimate of drug-likeness (QED) is 0.707. The summed E-state index contributed by atoms with van der Waals surface area (Å²) in [5.41, 5.74) is 15.0. The molecular weight excluding hydrogens is 330 g/mol. The molecule has 6 nitrogen and oxygen atoms in total. The second-order valence-corrected chi connectivity index (χ2v) is 6.42. The normalized spacial score (nSPS) is 13.5. The molecule has 1 aliphatic rings. The molecule has 0 saturated carbocycles. The maximum atomic E-state index is 11.5. The molecule has 0 aromatic heterocycles. The molecule has 138 valence electrons. The molecule has 0 saturated heterocycles. The number of nitrogens with zero attached hydrogens (tertiary/aromatic N) is 1. The zero-order valence-corrected chi connectivity index (χ0v) is 15.0. The van der Waals surface area contributed by atoms with Gasteiger partial charge >= 0.3 is 0 Å². The highest BCUT2D eigenvalue weighted by molar-refractivity contribution is 5.93. The largest absolute Gasteiger partial charge is 0.493 e. The Bertz CT molecular complexity index is 767. The predicted molar refractivity (Wildman–Crippen MR) is 100 cm³/mol. The molecule has 6 heteroatoms. The summed E-state index contributed by atoms with van der Waals surface area (Å²) in [7, 11) is 1.56. The third-order valence-corrected chi connectivity index (χ3v) is 4.62. The lowest BCUT2D eigenvalue weighted by Crippen LogP contribution is -2.20. The van der Waals surface area contributed by atoms with Gasteiger partial charge in [0, 0.05) is 37.3 Å². The molecule has 26 heavy (non-hydrogen) atoms. The highest BCUT2D eigenvalue weighted by Gasteiger charge is 2.18. The number of carbonyl (C=O) groups is 1. The second-order valence-electron chi connectivity index (χ2n) is 6.42. The van der Waals surface area contributed by atoms with Crippen LogP contribution in [0.4, 0.5) is 0 Å². The fourth-order valence-corrected chi connectivity index (χ4v) is 3.32. The average molecular weight is 355 g/mol. The fourth-order valence-electron chi connectivity index (χ4n) is 3.32. The molecule has 0 spiro atoms. The summed E-state index contributed by atoms with van der Waals surface area (Å²) in [4.78, 5) is 13.9. The Morgan fingerprint density at radius 2 is 1.88 bits per heavy atom. The van der Waals surface area contributed by atoms with Gasteiger partial charge in [0.15, 0.2) is 11.5 Å². The van der Waals surface area contributed by atoms with Crippen LogP contribution < -0.4 is 20.9 Å². The molecule has 2 aromatic rings. The van der Waals surface area contributed by atoms with Gasteiger partial charge in [-0.15, -0.1) is 0 Å². The van der Waals surface area contributed by atoms with Crippen molar-refractivity contribution in [3.8, 4) is 11.5 Å². The molecule has 4 N–H and O–H groups in total. The molecule has 0 unspecified atom stereocenters. The molecule has 0 bridgehead atoms. The van der Waals surface area contributed by atoms with Crippen LogP contribution in [0.1, 0.15) is 33.5 Å². The van der Waals surface area contributed by atoms with E-state index >= 15 is 0 Å². The zero-order chi connectivity index (χ0) is 18.5. The van der Waals surface area contributed by atoms with E-state index in [2.05, 4.69) is 29.2 Å². The molecule has 0 atom stereocenters. The number of carbonyl (C=O) groups excluding carboxylic acids is 1. The van der Waals surface area contributed by atoms with Gasteiger partial charge in [-0.05, 0) is 29.7 Å². The van der Waals surface area contributed by atoms with Gasteiger partial charge in [0.2, 0.25) is 5.91 Å². The van der Waals surface area contributed by atoms with Crippen molar-refractivity contribution in [3.63, 3.8) is 0 Å². The van der Waals surface area contributed by atoms with Crippen molar-refractivity contribution in [1.29, 1.82) is 0 Å². The summed E-state index contributed by atoms with van der Waals surface area (Å²) in [5.74, 6) is 0.557. The van der Waals surface area contributed by atoms with Gasteiger partial charge in [0.05, 0.1) is 13.7 Å². The Labute approximate surface area is 153 Å². The van der Waals surface area contributed by atoms with Crippen LogP contribution in [-0.2, 0) is 19.6 Å². The SMILES string of the molecule is COc1c(CN)cc(C(N)=O)cc1OCCCN1Cc2ccccc2C1. The number of hydrogen-bond donors (Lipinski definition) is 2. The van der Waals surface area contributed by atoms with Gasteiger partial charge in [-0.3, -0.25) is 9.69 Å². The van der Waals surface area contributed by atoms with Crippen molar-refractivity contribution < 1.29 is 14.3 Å². The van der Waals surface area contributed by atoms with Gasteiger partial charge in [-0.2, -0.15) is 0 Å². The minimum atomic E-state index is -0.512. The lowest BCUT2D eigenvalue weighted by molar-refractivity contribution is 0.0999. The molecule has 0 aliphatic carbocycles. The minimum absolute atomic E-state index is 0.243. The minimum Gasteiger partial charge on any atom is -0.493 e. The summed E-state index contributed by atoms with van der Waals surface area (Å²) in [5, 5.41) is 0. The third kappa shape index (κ3) is 3.98. The molecule has 3 rings (SSSR count). The first-order valence-electron chi connectivity index (χ1n) is 8.75. The van der Waals surface area contributed by atoms with Crippen LogP contribution in [0.15, 0.2) is 36.4 Å². The van der Waals surface area contributed by atoms with Crippen molar-refractivity contribution in [1.82, 2.24) is 4.90 Å². The van der Waals surface area contributed by atoms with E-state index in [1.165, 1.54) is 11.1 Å². The molecular formula is C20H25N3O3. The number of nitrogens with two attached hydrogens (primary N) is 2. The van der Waals surface area contributed by atoms with E-state index in [9.17, 15) is 4.79 Å². The number of fused-ring (bicyclic) bond motifs is 1. The maximum Gasteiger partial charge on any atom is 0.248 e. The van der Waals surface area contributed by atoms with Crippen LogP contribution in [0.3, 0.4) is 0 Å². The van der Waals surface area contributed by atoms with Gasteiger partial charge in [-0.1, -0.05) is 24.3 Å². The lowest BCUT2D eigenvalue weighted by atomic mass is 10.1. The second kappa shape index (κ2) is 8.21. The van der Waals surface area contributed by atoms with Crippen molar-refractivity contribution in [2.24, 2.45) is 11.5 Å². The Hall–Kier alpha value is -2.57. The van der Waals surface area contributed by atoms with Gasteiger partial charge in [0.25, 0.3) is 0 Å². The van der Waals surface area contributed by atoms with Crippen LogP contribution in [-0.4, -0.2) is 31.1 Å². The Balaban J connectivity index is 1.58. The van der Waals surface area contributed by atoms with E-state index in [0.29, 0.717) is 29.2 Å². The topological polar surface area (TPSA) is 90.8 Å². The molecule has 0 radical (unpaired) electrons. The van der Waals surface area contributed by atoms with Crippen LogP contribution in [0.25, 0.3) is 0 Å². The van der Waals surface area contributed by atoms with Crippen molar-refractivity contribution in [3.05, 3.63) is 58.7 Å². The number of hydrogen-bond acceptors (Lipinski definition) is 5. The fraction of sp³-hybridized carbons (Fsp3) is 0.350. The number of ether oxygens (including phenoxy) is 2. The molecule has 1 aliphatic heterocycles. The molecule has 1 heterocycles. The summed E-state index contributed by atoms with van der Waals surface area (Å²) in [6.07, 6.45) is 0.871. The zero-order valence-electron chi connectivity index (χ0n) is 15.0. The first-order valence-corrected chi connectivity index (χ1v) is 8.75. The van der Waals surface area contributed by atoms with Crippen LogP contribution in [0, 0.1) is 0 Å². The molecule has 0 fully saturated rings. The first-order chi connectivity index (χ1) is 12.6. The maximum absolute atomic E-state index is 11.5. The Morgan fingerprint density at radius 3 is 2.46 bits per heavy atom. The van der Waals surface area contributed by atoms with Gasteiger partial charge in [-0.25, -0.2) is 0 Å². The summed E-state index contributed by atoms with van der Waals surface area (Å²) in [6, 6.07) is 11.8. The summed E-state index contributed by atoms with van der Waals surface area (Å²) >= 11 is 0. The van der Waals surface area contributed by atoms with Crippen LogP contribution in [0.5, 0.6) is 11.5 Å². The van der Waals surface area contributed by atoms with Crippen LogP contribution in [0.2, 0.25) is 0 Å². The standard InChI is InChI=1S/C20H25N3O3/c1-25-19-17(11-21)9-16(20(22)24)10-18(19)26-8-4-7-23-12-14-5-2-3-6-15(14)13-23/h2-3,5-6,9-10H,4,7-8,11-13,21H2,1H3,(H2,22,24). The summed E-state index contributed by atoms with van der Waals surface area (Å²) in [6.45, 7) is 3.67. The number of amides is 1. The van der Waals surface area contributed by atoms with E-state index in [-0.39, 0.29) is 6.54 Å². The van der Waals surface area contributed by atoms with E-state index < -0.39 is 5.91 Å². The third-order valence-electron chi connectivity index (χ3n) is 4.62.